The van der Waals surface area contributed by atoms with Gasteiger partial charge in [-0.1, -0.05) is 19.9 Å². The normalized spacial score (nSPS) is 9.67. The predicted molar refractivity (Wildman–Crippen MR) is 78.0 cm³/mol. The lowest BCUT2D eigenvalue weighted by atomic mass is 10.3. The molecule has 0 amide bonds. The van der Waals surface area contributed by atoms with E-state index in [1.165, 1.54) is 0 Å². The Morgan fingerprint density at radius 1 is 0.714 bits per heavy atom. The number of rotatable bonds is 2. The molecule has 0 aliphatic carbocycles. The first-order chi connectivity index (χ1) is 10.3. The zero-order valence-corrected chi connectivity index (χ0v) is 12.1. The van der Waals surface area contributed by atoms with Gasteiger partial charge >= 0.3 is 0 Å². The lowest BCUT2D eigenvalue weighted by molar-refractivity contribution is 0.856. The van der Waals surface area contributed by atoms with Crippen molar-refractivity contribution in [1.29, 1.82) is 0 Å². The average molecular weight is 281 g/mol. The molecule has 3 heterocycles. The first kappa shape index (κ1) is 14.6. The maximum absolute atomic E-state index is 4.21. The molecule has 7 nitrogen and oxygen atoms in total. The second-order valence-electron chi connectivity index (χ2n) is 3.84. The molecule has 0 N–H and O–H groups in total. The molecule has 21 heavy (non-hydrogen) atoms. The molecule has 3 rings (SSSR count). The van der Waals surface area contributed by atoms with Crippen LogP contribution in [0.25, 0.3) is 23.2 Å². The highest BCUT2D eigenvalue weighted by Gasteiger charge is 2.08. The van der Waals surface area contributed by atoms with E-state index in [0.717, 1.165) is 5.56 Å². The van der Waals surface area contributed by atoms with E-state index in [1.54, 1.807) is 24.7 Å². The van der Waals surface area contributed by atoms with E-state index in [-0.39, 0.29) is 5.82 Å². The van der Waals surface area contributed by atoms with Crippen LogP contribution in [0, 0.1) is 6.92 Å². The number of hydrogen-bond donors (Lipinski definition) is 0. The van der Waals surface area contributed by atoms with Crippen molar-refractivity contribution in [2.75, 3.05) is 0 Å². The summed E-state index contributed by atoms with van der Waals surface area (Å²) in [5.41, 5.74) is 1.70. The standard InChI is InChI=1S/C12H9N7.C2H6/c1-8-3-4-9(15-7-8)10-16-18-12(19-17-10)11-13-5-2-6-14-11;1-2/h2-7H,1H3;1-2H3. The van der Waals surface area contributed by atoms with Gasteiger partial charge in [0.25, 0.3) is 0 Å². The Kier molecular flexibility index (Phi) is 4.92. The molecule has 0 spiro atoms. The maximum Gasteiger partial charge on any atom is 0.240 e. The third kappa shape index (κ3) is 3.59. The fraction of sp³-hybridized carbons (Fsp3) is 0.214. The number of aromatic nitrogens is 7. The first-order valence-corrected chi connectivity index (χ1v) is 6.61. The third-order valence-corrected chi connectivity index (χ3v) is 2.39. The summed E-state index contributed by atoms with van der Waals surface area (Å²) in [6.45, 7) is 5.96. The van der Waals surface area contributed by atoms with Crippen molar-refractivity contribution < 1.29 is 0 Å². The van der Waals surface area contributed by atoms with Gasteiger partial charge < -0.3 is 0 Å². The molecule has 0 aliphatic rings. The van der Waals surface area contributed by atoms with E-state index in [4.69, 9.17) is 0 Å². The van der Waals surface area contributed by atoms with E-state index < -0.39 is 0 Å². The molecule has 7 heteroatoms. The number of pyridine rings is 1. The highest BCUT2D eigenvalue weighted by molar-refractivity contribution is 5.48. The van der Waals surface area contributed by atoms with Gasteiger partial charge in [0, 0.05) is 18.6 Å². The van der Waals surface area contributed by atoms with Crippen LogP contribution < -0.4 is 0 Å². The molecule has 0 fully saturated rings. The SMILES string of the molecule is CC.Cc1ccc(-c2nnc(-c3ncccn3)nn2)nc1. The summed E-state index contributed by atoms with van der Waals surface area (Å²) < 4.78 is 0. The molecule has 3 aromatic rings. The number of aryl methyl sites for hydroxylation is 1. The lowest BCUT2D eigenvalue weighted by Crippen LogP contribution is -2.02. The van der Waals surface area contributed by atoms with E-state index >= 15 is 0 Å². The average Bonchev–Trinajstić information content (AvgIpc) is 2.58. The van der Waals surface area contributed by atoms with Crippen LogP contribution in [0.15, 0.2) is 36.8 Å². The van der Waals surface area contributed by atoms with Gasteiger partial charge in [-0.2, -0.15) is 0 Å². The van der Waals surface area contributed by atoms with Gasteiger partial charge in [-0.15, -0.1) is 20.4 Å². The van der Waals surface area contributed by atoms with Crippen LogP contribution in [0.5, 0.6) is 0 Å². The molecule has 0 bridgehead atoms. The molecular formula is C14H15N7. The minimum absolute atomic E-state index is 0.288. The predicted octanol–water partition coefficient (Wildman–Crippen LogP) is 2.12. The molecule has 0 unspecified atom stereocenters. The van der Waals surface area contributed by atoms with Crippen LogP contribution in [0.1, 0.15) is 19.4 Å². The Morgan fingerprint density at radius 2 is 1.33 bits per heavy atom. The fourth-order valence-electron chi connectivity index (χ4n) is 1.44. The summed E-state index contributed by atoms with van der Waals surface area (Å²) in [6.07, 6.45) is 4.97. The van der Waals surface area contributed by atoms with E-state index in [0.29, 0.717) is 17.3 Å². The Hall–Kier alpha value is -2.83. The molecule has 0 saturated carbocycles. The topological polar surface area (TPSA) is 90.2 Å². The molecular weight excluding hydrogens is 266 g/mol. The summed E-state index contributed by atoms with van der Waals surface area (Å²) in [6, 6.07) is 5.47. The number of nitrogens with zero attached hydrogens (tertiary/aromatic N) is 7. The van der Waals surface area contributed by atoms with Crippen LogP contribution in [0.2, 0.25) is 0 Å². The van der Waals surface area contributed by atoms with E-state index in [1.807, 2.05) is 32.9 Å². The smallest absolute Gasteiger partial charge is 0.240 e. The van der Waals surface area contributed by atoms with Gasteiger partial charge in [-0.25, -0.2) is 9.97 Å². The van der Waals surface area contributed by atoms with Crippen LogP contribution >= 0.6 is 0 Å². The first-order valence-electron chi connectivity index (χ1n) is 6.61. The largest absolute Gasteiger partial charge is 0.252 e. The highest BCUT2D eigenvalue weighted by Crippen LogP contribution is 2.11. The Morgan fingerprint density at radius 3 is 1.90 bits per heavy atom. The van der Waals surface area contributed by atoms with Crippen LogP contribution in [-0.2, 0) is 0 Å². The van der Waals surface area contributed by atoms with Gasteiger partial charge in [-0.05, 0) is 24.6 Å². The zero-order chi connectivity index (χ0) is 15.1. The lowest BCUT2D eigenvalue weighted by Gasteiger charge is -1.99. The van der Waals surface area contributed by atoms with E-state index in [9.17, 15) is 0 Å². The minimum Gasteiger partial charge on any atom is -0.252 e. The van der Waals surface area contributed by atoms with Crippen LogP contribution in [-0.4, -0.2) is 35.3 Å². The Bertz CT molecular complexity index is 666. The van der Waals surface area contributed by atoms with E-state index in [2.05, 4.69) is 35.3 Å². The molecule has 0 saturated heterocycles. The maximum atomic E-state index is 4.21. The van der Waals surface area contributed by atoms with Crippen molar-refractivity contribution in [3.05, 3.63) is 42.4 Å². The Balaban J connectivity index is 0.000000774. The summed E-state index contributed by atoms with van der Waals surface area (Å²) in [5.74, 6) is 1.06. The molecule has 0 atom stereocenters. The second-order valence-corrected chi connectivity index (χ2v) is 3.84. The summed E-state index contributed by atoms with van der Waals surface area (Å²) in [4.78, 5) is 12.3. The summed E-state index contributed by atoms with van der Waals surface area (Å²) in [5, 5.41) is 15.9. The van der Waals surface area contributed by atoms with Crippen molar-refractivity contribution in [1.82, 2.24) is 35.3 Å². The molecule has 3 aromatic heterocycles. The van der Waals surface area contributed by atoms with Gasteiger partial charge in [0.2, 0.25) is 17.5 Å². The number of hydrogen-bond acceptors (Lipinski definition) is 7. The van der Waals surface area contributed by atoms with Crippen LogP contribution in [0.3, 0.4) is 0 Å². The van der Waals surface area contributed by atoms with Gasteiger partial charge in [-0.3, -0.25) is 4.98 Å². The summed E-state index contributed by atoms with van der Waals surface area (Å²) in [7, 11) is 0. The molecule has 0 aliphatic heterocycles. The van der Waals surface area contributed by atoms with Crippen molar-refractivity contribution in [3.63, 3.8) is 0 Å². The van der Waals surface area contributed by atoms with Crippen molar-refractivity contribution in [2.24, 2.45) is 0 Å². The highest BCUT2D eigenvalue weighted by atomic mass is 15.3. The van der Waals surface area contributed by atoms with Gasteiger partial charge in [0.05, 0.1) is 0 Å². The Labute approximate surface area is 122 Å². The molecule has 0 radical (unpaired) electrons. The van der Waals surface area contributed by atoms with Crippen molar-refractivity contribution >= 4 is 0 Å². The van der Waals surface area contributed by atoms with Crippen molar-refractivity contribution in [2.45, 2.75) is 20.8 Å². The third-order valence-electron chi connectivity index (χ3n) is 2.39. The monoisotopic (exact) mass is 281 g/mol. The molecule has 0 aromatic carbocycles. The second kappa shape index (κ2) is 7.09. The van der Waals surface area contributed by atoms with Crippen molar-refractivity contribution in [3.8, 4) is 23.2 Å². The minimum atomic E-state index is 0.288. The quantitative estimate of drug-likeness (QED) is 0.710. The van der Waals surface area contributed by atoms with Gasteiger partial charge in [0.15, 0.2) is 0 Å². The zero-order valence-electron chi connectivity index (χ0n) is 12.1. The fourth-order valence-corrected chi connectivity index (χ4v) is 1.44. The van der Waals surface area contributed by atoms with Gasteiger partial charge in [0.1, 0.15) is 5.69 Å². The van der Waals surface area contributed by atoms with Crippen LogP contribution in [0.4, 0.5) is 0 Å². The molecule has 106 valence electrons. The summed E-state index contributed by atoms with van der Waals surface area (Å²) >= 11 is 0.